The van der Waals surface area contributed by atoms with E-state index in [-0.39, 0.29) is 11.5 Å². The number of hydroxylamine groups is 1. The second-order valence-corrected chi connectivity index (χ2v) is 12.0. The standard InChI is InChI=1S/C33H37F2N7O4/c1-3-33(43)39-26-14-27(30(44-2)15-29(26)40-9-6-21(7-10-40)41-17-23-13-22(41)18-45-23)38-31-16-32(37-19-36-31)42-28(8-11-46-42)24-12-20(34)4-5-25(24)35/h3-5,12,14-16,19,21-23,28H,1,6-11,13,17-18H2,2H3,(H,39,43)(H,36,37,38)/t22-,23-,28-/m1/s1. The van der Waals surface area contributed by atoms with Crippen molar-refractivity contribution in [3.63, 3.8) is 0 Å². The largest absolute Gasteiger partial charge is 0.494 e. The first-order valence-electron chi connectivity index (χ1n) is 15.6. The summed E-state index contributed by atoms with van der Waals surface area (Å²) in [6.07, 6.45) is 6.60. The molecule has 1 amide bonds. The Balaban J connectivity index is 1.12. The second-order valence-electron chi connectivity index (χ2n) is 12.0. The summed E-state index contributed by atoms with van der Waals surface area (Å²) < 4.78 is 40.2. The van der Waals surface area contributed by atoms with Crippen molar-refractivity contribution in [3.05, 3.63) is 72.6 Å². The number of nitrogens with one attached hydrogen (secondary N) is 2. The molecule has 0 radical (unpaired) electrons. The Morgan fingerprint density at radius 3 is 2.67 bits per heavy atom. The summed E-state index contributed by atoms with van der Waals surface area (Å²) in [7, 11) is 1.59. The van der Waals surface area contributed by atoms with Crippen LogP contribution in [0.5, 0.6) is 5.75 Å². The van der Waals surface area contributed by atoms with E-state index in [4.69, 9.17) is 14.3 Å². The Kier molecular flexibility index (Phi) is 8.45. The number of rotatable bonds is 9. The van der Waals surface area contributed by atoms with Crippen molar-refractivity contribution < 1.29 is 27.9 Å². The highest BCUT2D eigenvalue weighted by atomic mass is 19.1. The van der Waals surface area contributed by atoms with Crippen molar-refractivity contribution in [2.45, 2.75) is 49.9 Å². The molecule has 1 aromatic heterocycles. The molecule has 4 aliphatic heterocycles. The third kappa shape index (κ3) is 5.97. The van der Waals surface area contributed by atoms with Gasteiger partial charge in [0.25, 0.3) is 0 Å². The molecular formula is C33H37F2N7O4. The van der Waals surface area contributed by atoms with Crippen LogP contribution in [0.4, 0.5) is 37.5 Å². The van der Waals surface area contributed by atoms with Crippen LogP contribution in [0.1, 0.15) is 37.3 Å². The second kappa shape index (κ2) is 12.8. The third-order valence-corrected chi connectivity index (χ3v) is 9.34. The van der Waals surface area contributed by atoms with E-state index in [9.17, 15) is 13.6 Å². The number of hydrogen-bond acceptors (Lipinski definition) is 10. The van der Waals surface area contributed by atoms with Crippen LogP contribution < -0.4 is 25.3 Å². The Morgan fingerprint density at radius 1 is 1.09 bits per heavy atom. The number of fused-ring (bicyclic) bond motifs is 2. The smallest absolute Gasteiger partial charge is 0.247 e. The lowest BCUT2D eigenvalue weighted by molar-refractivity contribution is -0.111. The van der Waals surface area contributed by atoms with Crippen molar-refractivity contribution in [1.29, 1.82) is 0 Å². The molecule has 2 bridgehead atoms. The van der Waals surface area contributed by atoms with E-state index in [2.05, 4.69) is 37.0 Å². The number of anilines is 5. The normalized spacial score (nSPS) is 23.2. The fourth-order valence-corrected chi connectivity index (χ4v) is 7.12. The molecule has 7 rings (SSSR count). The summed E-state index contributed by atoms with van der Waals surface area (Å²) in [4.78, 5) is 31.9. The predicted molar refractivity (Wildman–Crippen MR) is 169 cm³/mol. The van der Waals surface area contributed by atoms with Crippen molar-refractivity contribution in [2.24, 2.45) is 0 Å². The van der Waals surface area contributed by atoms with Gasteiger partial charge in [0.2, 0.25) is 5.91 Å². The number of morpholine rings is 1. The van der Waals surface area contributed by atoms with Crippen LogP contribution in [0.2, 0.25) is 0 Å². The molecule has 13 heteroatoms. The van der Waals surface area contributed by atoms with Crippen LogP contribution in [0.15, 0.2) is 55.4 Å². The Labute approximate surface area is 266 Å². The minimum Gasteiger partial charge on any atom is -0.494 e. The highest BCUT2D eigenvalue weighted by Gasteiger charge is 2.43. The molecule has 4 aliphatic rings. The summed E-state index contributed by atoms with van der Waals surface area (Å²) in [5.74, 6) is -0.0292. The zero-order valence-corrected chi connectivity index (χ0v) is 25.6. The quantitative estimate of drug-likeness (QED) is 0.315. The number of amides is 1. The van der Waals surface area contributed by atoms with E-state index < -0.39 is 17.7 Å². The molecule has 3 aromatic rings. The lowest BCUT2D eigenvalue weighted by atomic mass is 10.0. The lowest BCUT2D eigenvalue weighted by Crippen LogP contribution is -2.49. The maximum absolute atomic E-state index is 14.6. The zero-order chi connectivity index (χ0) is 31.8. The fourth-order valence-electron chi connectivity index (χ4n) is 7.12. The van der Waals surface area contributed by atoms with Gasteiger partial charge in [0.1, 0.15) is 29.5 Å². The summed E-state index contributed by atoms with van der Waals surface area (Å²) in [5.41, 5.74) is 2.22. The summed E-state index contributed by atoms with van der Waals surface area (Å²) >= 11 is 0. The third-order valence-electron chi connectivity index (χ3n) is 9.34. The van der Waals surface area contributed by atoms with Crippen LogP contribution >= 0.6 is 0 Å². The number of likely N-dealkylation sites (tertiary alicyclic amines) is 1. The number of methoxy groups -OCH3 is 1. The Hall–Kier alpha value is -4.33. The van der Waals surface area contributed by atoms with Crippen LogP contribution in [0.3, 0.4) is 0 Å². The van der Waals surface area contributed by atoms with Crippen molar-refractivity contribution in [2.75, 3.05) is 60.6 Å². The molecule has 4 fully saturated rings. The van der Waals surface area contributed by atoms with E-state index in [0.717, 1.165) is 63.3 Å². The lowest BCUT2D eigenvalue weighted by Gasteiger charge is -2.41. The van der Waals surface area contributed by atoms with E-state index in [1.165, 1.54) is 23.5 Å². The molecule has 0 saturated carbocycles. The number of carbonyl (C=O) groups excluding carboxylic acids is 1. The monoisotopic (exact) mass is 633 g/mol. The molecule has 4 saturated heterocycles. The molecule has 0 aliphatic carbocycles. The van der Waals surface area contributed by atoms with E-state index in [0.29, 0.717) is 60.0 Å². The topological polar surface area (TPSA) is 104 Å². The maximum atomic E-state index is 14.6. The maximum Gasteiger partial charge on any atom is 0.247 e. The average Bonchev–Trinajstić information content (AvgIpc) is 3.85. The number of halogens is 2. The van der Waals surface area contributed by atoms with Gasteiger partial charge in [-0.15, -0.1) is 0 Å². The first kappa shape index (κ1) is 30.3. The van der Waals surface area contributed by atoms with Gasteiger partial charge < -0.3 is 25.0 Å². The van der Waals surface area contributed by atoms with Crippen LogP contribution in [0, 0.1) is 11.6 Å². The average molecular weight is 634 g/mol. The minimum absolute atomic E-state index is 0.191. The van der Waals surface area contributed by atoms with Gasteiger partial charge in [-0.1, -0.05) is 6.58 Å². The van der Waals surface area contributed by atoms with Crippen LogP contribution in [-0.4, -0.2) is 78.9 Å². The number of hydrogen-bond donors (Lipinski definition) is 2. The molecule has 2 N–H and O–H groups in total. The highest BCUT2D eigenvalue weighted by molar-refractivity contribution is 6.02. The van der Waals surface area contributed by atoms with Gasteiger partial charge in [-0.25, -0.2) is 23.8 Å². The summed E-state index contributed by atoms with van der Waals surface area (Å²) in [6, 6.07) is 9.26. The van der Waals surface area contributed by atoms with Gasteiger partial charge in [-0.05, 0) is 49.6 Å². The number of aromatic nitrogens is 2. The SMILES string of the molecule is C=CC(=O)Nc1cc(Nc2cc(N3OCC[C@@H]3c3cc(F)ccc3F)ncn2)c(OC)cc1N1CCC(N2C[C@H]3C[C@@H]2CO3)CC1. The molecule has 0 unspecified atom stereocenters. The van der Waals surface area contributed by atoms with E-state index >= 15 is 0 Å². The fraction of sp³-hybridized carbons (Fsp3) is 0.424. The molecule has 0 spiro atoms. The van der Waals surface area contributed by atoms with Crippen LogP contribution in [-0.2, 0) is 14.4 Å². The first-order chi connectivity index (χ1) is 22.4. The summed E-state index contributed by atoms with van der Waals surface area (Å²) in [5, 5.41) is 7.72. The molecule has 5 heterocycles. The molecule has 3 atom stereocenters. The number of piperidine rings is 1. The Morgan fingerprint density at radius 2 is 1.93 bits per heavy atom. The molecule has 46 heavy (non-hydrogen) atoms. The van der Waals surface area contributed by atoms with Crippen molar-refractivity contribution in [1.82, 2.24) is 14.9 Å². The first-order valence-corrected chi connectivity index (χ1v) is 15.6. The highest BCUT2D eigenvalue weighted by Crippen LogP contribution is 2.41. The molecule has 11 nitrogen and oxygen atoms in total. The summed E-state index contributed by atoms with van der Waals surface area (Å²) in [6.45, 7) is 7.46. The zero-order valence-electron chi connectivity index (χ0n) is 25.6. The van der Waals surface area contributed by atoms with Gasteiger partial charge in [0.05, 0.1) is 49.5 Å². The van der Waals surface area contributed by atoms with Crippen molar-refractivity contribution in [3.8, 4) is 5.75 Å². The molecular weight excluding hydrogens is 596 g/mol. The van der Waals surface area contributed by atoms with Crippen LogP contribution in [0.25, 0.3) is 0 Å². The predicted octanol–water partition coefficient (Wildman–Crippen LogP) is 4.96. The van der Waals surface area contributed by atoms with Gasteiger partial charge >= 0.3 is 0 Å². The number of ether oxygens (including phenoxy) is 2. The number of carbonyl (C=O) groups is 1. The minimum atomic E-state index is -0.564. The van der Waals surface area contributed by atoms with Crippen molar-refractivity contribution >= 4 is 34.6 Å². The van der Waals surface area contributed by atoms with E-state index in [1.54, 1.807) is 13.2 Å². The van der Waals surface area contributed by atoms with E-state index in [1.807, 2.05) is 12.1 Å². The molecule has 2 aromatic carbocycles. The molecule has 242 valence electrons. The Bertz CT molecular complexity index is 1620. The van der Waals surface area contributed by atoms with Gasteiger partial charge in [0.15, 0.2) is 5.82 Å². The van der Waals surface area contributed by atoms with Gasteiger partial charge in [-0.2, -0.15) is 0 Å². The number of nitrogens with zero attached hydrogens (tertiary/aromatic N) is 5. The van der Waals surface area contributed by atoms with Gasteiger partial charge in [0, 0.05) is 55.8 Å². The number of benzene rings is 2. The van der Waals surface area contributed by atoms with Gasteiger partial charge in [-0.3, -0.25) is 14.5 Å².